The van der Waals surface area contributed by atoms with E-state index < -0.39 is 15.9 Å². The number of halogens is 1. The van der Waals surface area contributed by atoms with E-state index in [9.17, 15) is 13.2 Å². The van der Waals surface area contributed by atoms with Crippen LogP contribution in [-0.4, -0.2) is 25.4 Å². The zero-order valence-corrected chi connectivity index (χ0v) is 21.8. The minimum Gasteiger partial charge on any atom is -0.304 e. The van der Waals surface area contributed by atoms with E-state index in [1.807, 2.05) is 37.3 Å². The maximum absolute atomic E-state index is 13.4. The first-order chi connectivity index (χ1) is 17.3. The molecule has 0 spiro atoms. The minimum atomic E-state index is -3.76. The van der Waals surface area contributed by atoms with Crippen LogP contribution in [0.5, 0.6) is 0 Å². The second-order valence-electron chi connectivity index (χ2n) is 8.44. The summed E-state index contributed by atoms with van der Waals surface area (Å²) in [4.78, 5) is 17.9. The van der Waals surface area contributed by atoms with E-state index in [0.717, 1.165) is 34.2 Å². The van der Waals surface area contributed by atoms with Gasteiger partial charge >= 0.3 is 0 Å². The number of nitrogens with zero attached hydrogens (tertiary/aromatic N) is 3. The van der Waals surface area contributed by atoms with Gasteiger partial charge in [-0.1, -0.05) is 47.1 Å². The molecule has 6 nitrogen and oxygen atoms in total. The summed E-state index contributed by atoms with van der Waals surface area (Å²) in [5.41, 5.74) is 3.71. The van der Waals surface area contributed by atoms with Crippen LogP contribution in [0.3, 0.4) is 0 Å². The highest BCUT2D eigenvalue weighted by molar-refractivity contribution is 7.92. The molecule has 0 aliphatic carbocycles. The molecule has 0 unspecified atom stereocenters. The molecule has 1 aliphatic rings. The Kier molecular flexibility index (Phi) is 6.47. The van der Waals surface area contributed by atoms with Gasteiger partial charge in [-0.25, -0.2) is 8.42 Å². The van der Waals surface area contributed by atoms with Crippen molar-refractivity contribution in [2.24, 2.45) is 4.99 Å². The van der Waals surface area contributed by atoms with Crippen molar-refractivity contribution < 1.29 is 13.2 Å². The Balaban J connectivity index is 1.49. The molecule has 1 amide bonds. The fraction of sp³-hybridized carbons (Fsp3) is 0.185. The molecule has 2 heterocycles. The highest BCUT2D eigenvalue weighted by Gasteiger charge is 2.29. The summed E-state index contributed by atoms with van der Waals surface area (Å²) in [6.45, 7) is 2.55. The molecular formula is C27H22ClN3O3S2. The van der Waals surface area contributed by atoms with Crippen LogP contribution >= 0.6 is 22.9 Å². The van der Waals surface area contributed by atoms with Crippen molar-refractivity contribution >= 4 is 54.8 Å². The van der Waals surface area contributed by atoms with Crippen molar-refractivity contribution in [2.75, 3.05) is 10.8 Å². The molecular weight excluding hydrogens is 514 g/mol. The molecule has 36 heavy (non-hydrogen) atoms. The van der Waals surface area contributed by atoms with Gasteiger partial charge < -0.3 is 4.57 Å². The molecule has 0 atom stereocenters. The largest absolute Gasteiger partial charge is 0.304 e. The van der Waals surface area contributed by atoms with Gasteiger partial charge in [-0.3, -0.25) is 9.10 Å². The number of para-hydroxylation sites is 1. The maximum atomic E-state index is 13.4. The highest BCUT2D eigenvalue weighted by atomic mass is 35.5. The monoisotopic (exact) mass is 535 g/mol. The van der Waals surface area contributed by atoms with Gasteiger partial charge in [-0.05, 0) is 73.4 Å². The number of aromatic nitrogens is 1. The van der Waals surface area contributed by atoms with Crippen molar-refractivity contribution in [1.29, 1.82) is 0 Å². The Morgan fingerprint density at radius 2 is 1.89 bits per heavy atom. The first-order valence-corrected chi connectivity index (χ1v) is 14.0. The molecule has 1 aromatic heterocycles. The number of carbonyl (C=O) groups is 1. The van der Waals surface area contributed by atoms with Crippen LogP contribution in [-0.2, 0) is 23.0 Å². The Hall–Kier alpha value is -3.38. The molecule has 182 valence electrons. The van der Waals surface area contributed by atoms with Gasteiger partial charge in [0.1, 0.15) is 0 Å². The summed E-state index contributed by atoms with van der Waals surface area (Å²) in [5.74, 6) is 2.13. The number of rotatable bonds is 4. The van der Waals surface area contributed by atoms with E-state index >= 15 is 0 Å². The van der Waals surface area contributed by atoms with E-state index in [1.54, 1.807) is 10.6 Å². The number of carbonyl (C=O) groups excluding carboxylic acids is 1. The third kappa shape index (κ3) is 4.24. The minimum absolute atomic E-state index is 0.130. The number of benzene rings is 3. The number of hydrogen-bond donors (Lipinski definition) is 0. The lowest BCUT2D eigenvalue weighted by atomic mass is 10.0. The number of amides is 1. The van der Waals surface area contributed by atoms with Gasteiger partial charge in [0.2, 0.25) is 0 Å². The number of fused-ring (bicyclic) bond motifs is 2. The molecule has 3 aromatic carbocycles. The van der Waals surface area contributed by atoms with Crippen molar-refractivity contribution in [3.8, 4) is 12.3 Å². The van der Waals surface area contributed by atoms with Gasteiger partial charge in [0.15, 0.2) is 4.80 Å². The number of thiazole rings is 1. The SMILES string of the molecule is C#CCn1c(=NC(=O)c2ccc(S(=O)(=O)N3CCCc4ccccc43)cc2)sc2ccc(Cl)c(C)c21. The van der Waals surface area contributed by atoms with Crippen molar-refractivity contribution in [3.05, 3.63) is 87.2 Å². The molecule has 0 bridgehead atoms. The van der Waals surface area contributed by atoms with Gasteiger partial charge in [-0.2, -0.15) is 4.99 Å². The number of hydrogen-bond acceptors (Lipinski definition) is 4. The Labute approximate surface area is 218 Å². The second-order valence-corrected chi connectivity index (χ2v) is 11.7. The average Bonchev–Trinajstić information content (AvgIpc) is 3.23. The second kappa shape index (κ2) is 9.58. The van der Waals surface area contributed by atoms with Crippen molar-refractivity contribution in [2.45, 2.75) is 31.2 Å². The van der Waals surface area contributed by atoms with Crippen LogP contribution in [0, 0.1) is 19.3 Å². The summed E-state index contributed by atoms with van der Waals surface area (Å²) in [7, 11) is -3.76. The standard InChI is InChI=1S/C27H22ClN3O3S2/c1-3-16-30-25-18(2)22(28)14-15-24(25)35-27(30)29-26(32)20-10-12-21(13-11-20)36(33,34)31-17-6-8-19-7-4-5-9-23(19)31/h1,4-5,7,9-15H,6,8,16-17H2,2H3. The van der Waals surface area contributed by atoms with Crippen molar-refractivity contribution in [3.63, 3.8) is 0 Å². The maximum Gasteiger partial charge on any atom is 0.279 e. The van der Waals surface area contributed by atoms with Crippen molar-refractivity contribution in [1.82, 2.24) is 4.57 Å². The lowest BCUT2D eigenvalue weighted by Gasteiger charge is -2.30. The fourth-order valence-corrected chi connectivity index (χ4v) is 7.22. The summed E-state index contributed by atoms with van der Waals surface area (Å²) in [6.07, 6.45) is 7.17. The van der Waals surface area contributed by atoms with Crippen LogP contribution in [0.2, 0.25) is 5.02 Å². The number of aryl methyl sites for hydroxylation is 2. The van der Waals surface area contributed by atoms with Gasteiger partial charge in [0, 0.05) is 17.1 Å². The normalized spacial score (nSPS) is 14.0. The number of anilines is 1. The lowest BCUT2D eigenvalue weighted by Crippen LogP contribution is -2.35. The first-order valence-electron chi connectivity index (χ1n) is 11.3. The summed E-state index contributed by atoms with van der Waals surface area (Å²) >= 11 is 7.64. The van der Waals surface area contributed by atoms with E-state index in [1.165, 1.54) is 39.9 Å². The smallest absolute Gasteiger partial charge is 0.279 e. The molecule has 5 rings (SSSR count). The summed E-state index contributed by atoms with van der Waals surface area (Å²) < 4.78 is 30.9. The third-order valence-electron chi connectivity index (χ3n) is 6.23. The highest BCUT2D eigenvalue weighted by Crippen LogP contribution is 2.32. The molecule has 4 aromatic rings. The molecule has 0 saturated carbocycles. The molecule has 9 heteroatoms. The van der Waals surface area contributed by atoms with Crippen LogP contribution in [0.25, 0.3) is 10.2 Å². The number of terminal acetylenes is 1. The molecule has 0 radical (unpaired) electrons. The molecule has 0 saturated heterocycles. The first kappa shape index (κ1) is 24.3. The summed E-state index contributed by atoms with van der Waals surface area (Å²) in [5, 5.41) is 0.608. The molecule has 0 N–H and O–H groups in total. The van der Waals surface area contributed by atoms with Crippen LogP contribution in [0.4, 0.5) is 5.69 Å². The average molecular weight is 536 g/mol. The quantitative estimate of drug-likeness (QED) is 0.338. The van der Waals surface area contributed by atoms with E-state index in [2.05, 4.69) is 10.9 Å². The van der Waals surface area contributed by atoms with Gasteiger partial charge in [0.25, 0.3) is 15.9 Å². The lowest BCUT2D eigenvalue weighted by molar-refractivity contribution is 0.0998. The topological polar surface area (TPSA) is 71.7 Å². The van der Waals surface area contributed by atoms with Crippen LogP contribution < -0.4 is 9.11 Å². The van der Waals surface area contributed by atoms with E-state index in [0.29, 0.717) is 22.1 Å². The van der Waals surface area contributed by atoms with E-state index in [4.69, 9.17) is 18.0 Å². The Morgan fingerprint density at radius 3 is 2.64 bits per heavy atom. The zero-order chi connectivity index (χ0) is 25.4. The van der Waals surface area contributed by atoms with E-state index in [-0.39, 0.29) is 17.0 Å². The van der Waals surface area contributed by atoms with Crippen LogP contribution in [0.15, 0.2) is 70.6 Å². The fourth-order valence-electron chi connectivity index (χ4n) is 4.44. The van der Waals surface area contributed by atoms with Gasteiger partial charge in [0.05, 0.1) is 27.3 Å². The van der Waals surface area contributed by atoms with Crippen LogP contribution in [0.1, 0.15) is 27.9 Å². The molecule has 1 aliphatic heterocycles. The third-order valence-corrected chi connectivity index (χ3v) is 9.51. The summed E-state index contributed by atoms with van der Waals surface area (Å²) in [6, 6.07) is 17.1. The zero-order valence-electron chi connectivity index (χ0n) is 19.4. The molecule has 0 fully saturated rings. The Bertz CT molecular complexity index is 1710. The Morgan fingerprint density at radius 1 is 1.14 bits per heavy atom. The predicted octanol–water partition coefficient (Wildman–Crippen LogP) is 5.18. The predicted molar refractivity (Wildman–Crippen MR) is 144 cm³/mol. The van der Waals surface area contributed by atoms with Gasteiger partial charge in [-0.15, -0.1) is 6.42 Å². The number of sulfonamides is 1.